The third-order valence-corrected chi connectivity index (χ3v) is 3.27. The molecule has 0 aliphatic heterocycles. The molecule has 1 amide bonds. The fourth-order valence-corrected chi connectivity index (χ4v) is 2.22. The highest BCUT2D eigenvalue weighted by Gasteiger charge is 2.24. The lowest BCUT2D eigenvalue weighted by Crippen LogP contribution is -2.17. The van der Waals surface area contributed by atoms with Crippen molar-refractivity contribution in [2.75, 3.05) is 0 Å². The third kappa shape index (κ3) is 3.31. The van der Waals surface area contributed by atoms with E-state index in [4.69, 9.17) is 10.2 Å². The molecule has 3 N–H and O–H groups in total. The van der Waals surface area contributed by atoms with Crippen LogP contribution in [0.1, 0.15) is 35.0 Å². The molecular formula is C16H17NO4. The molecule has 1 unspecified atom stereocenters. The molecule has 0 radical (unpaired) electrons. The molecule has 1 heterocycles. The molecule has 0 fully saturated rings. The number of amides is 1. The Kier molecular flexibility index (Phi) is 4.12. The number of rotatable bonds is 4. The van der Waals surface area contributed by atoms with E-state index in [0.29, 0.717) is 5.76 Å². The molecule has 1 aromatic heterocycles. The Morgan fingerprint density at radius 3 is 2.48 bits per heavy atom. The number of nitrogens with two attached hydrogens (primary N) is 1. The van der Waals surface area contributed by atoms with Gasteiger partial charge in [0.15, 0.2) is 5.76 Å². The van der Waals surface area contributed by atoms with E-state index in [1.807, 2.05) is 31.2 Å². The summed E-state index contributed by atoms with van der Waals surface area (Å²) in [5.74, 6) is -1.16. The van der Waals surface area contributed by atoms with Gasteiger partial charge in [-0.2, -0.15) is 0 Å². The molecule has 0 saturated heterocycles. The molecule has 110 valence electrons. The molecule has 5 nitrogen and oxygen atoms in total. The summed E-state index contributed by atoms with van der Waals surface area (Å²) in [6, 6.07) is 8.62. The second-order valence-corrected chi connectivity index (χ2v) is 5.07. The van der Waals surface area contributed by atoms with Gasteiger partial charge in [-0.1, -0.05) is 29.8 Å². The van der Waals surface area contributed by atoms with Crippen molar-refractivity contribution < 1.29 is 14.3 Å². The van der Waals surface area contributed by atoms with E-state index < -0.39 is 23.0 Å². The van der Waals surface area contributed by atoms with Gasteiger partial charge in [-0.3, -0.25) is 9.59 Å². The van der Waals surface area contributed by atoms with E-state index in [-0.39, 0.29) is 12.2 Å². The minimum absolute atomic E-state index is 0.0526. The summed E-state index contributed by atoms with van der Waals surface area (Å²) in [6.07, 6.45) is -0.0526. The summed E-state index contributed by atoms with van der Waals surface area (Å²) in [5.41, 5.74) is 6.57. The van der Waals surface area contributed by atoms with E-state index in [1.54, 1.807) is 6.92 Å². The van der Waals surface area contributed by atoms with Crippen molar-refractivity contribution in [3.05, 3.63) is 63.2 Å². The van der Waals surface area contributed by atoms with E-state index in [9.17, 15) is 14.7 Å². The SMILES string of the molecule is Cc1ccc(C(CC(N)=O)c2oc(C)cc(=O)c2O)cc1. The van der Waals surface area contributed by atoms with Crippen molar-refractivity contribution in [3.63, 3.8) is 0 Å². The van der Waals surface area contributed by atoms with Crippen LogP contribution in [0.5, 0.6) is 5.75 Å². The van der Waals surface area contributed by atoms with E-state index in [1.165, 1.54) is 6.07 Å². The fraction of sp³-hybridized carbons (Fsp3) is 0.250. The molecule has 5 heteroatoms. The lowest BCUT2D eigenvalue weighted by Gasteiger charge is -2.16. The maximum Gasteiger partial charge on any atom is 0.227 e. The monoisotopic (exact) mass is 287 g/mol. The molecule has 2 rings (SSSR count). The maximum absolute atomic E-state index is 11.7. The summed E-state index contributed by atoms with van der Waals surface area (Å²) in [6.45, 7) is 3.55. The van der Waals surface area contributed by atoms with Gasteiger partial charge in [-0.15, -0.1) is 0 Å². The zero-order valence-electron chi connectivity index (χ0n) is 11.9. The van der Waals surface area contributed by atoms with Crippen LogP contribution in [0.15, 0.2) is 39.5 Å². The first-order valence-corrected chi connectivity index (χ1v) is 6.57. The van der Waals surface area contributed by atoms with Crippen molar-refractivity contribution >= 4 is 5.91 Å². The van der Waals surface area contributed by atoms with Gasteiger partial charge in [-0.25, -0.2) is 0 Å². The van der Waals surface area contributed by atoms with Gasteiger partial charge in [-0.05, 0) is 19.4 Å². The summed E-state index contributed by atoms with van der Waals surface area (Å²) in [4.78, 5) is 23.0. The molecule has 0 spiro atoms. The quantitative estimate of drug-likeness (QED) is 0.899. The van der Waals surface area contributed by atoms with Crippen LogP contribution >= 0.6 is 0 Å². The zero-order chi connectivity index (χ0) is 15.6. The molecule has 0 aliphatic carbocycles. The van der Waals surface area contributed by atoms with Gasteiger partial charge in [0.1, 0.15) is 5.76 Å². The van der Waals surface area contributed by atoms with Crippen LogP contribution < -0.4 is 11.2 Å². The Morgan fingerprint density at radius 1 is 1.29 bits per heavy atom. The Labute approximate surface area is 122 Å². The van der Waals surface area contributed by atoms with E-state index in [0.717, 1.165) is 11.1 Å². The topological polar surface area (TPSA) is 93.5 Å². The minimum Gasteiger partial charge on any atom is -0.502 e. The standard InChI is InChI=1S/C16H17NO4/c1-9-3-5-11(6-4-9)12(8-14(17)19)16-15(20)13(18)7-10(2)21-16/h3-7,12,20H,8H2,1-2H3,(H2,17,19). The average molecular weight is 287 g/mol. The van der Waals surface area contributed by atoms with Crippen molar-refractivity contribution in [2.24, 2.45) is 5.73 Å². The maximum atomic E-state index is 11.7. The van der Waals surface area contributed by atoms with Crippen molar-refractivity contribution in [2.45, 2.75) is 26.2 Å². The Bertz CT molecular complexity index is 716. The highest BCUT2D eigenvalue weighted by molar-refractivity contribution is 5.75. The van der Waals surface area contributed by atoms with Crippen LogP contribution in [-0.2, 0) is 4.79 Å². The molecule has 1 atom stereocenters. The minimum atomic E-state index is -0.587. The molecule has 21 heavy (non-hydrogen) atoms. The average Bonchev–Trinajstić information content (AvgIpc) is 2.41. The predicted octanol–water partition coefficient (Wildman–Crippen LogP) is 1.97. The second-order valence-electron chi connectivity index (χ2n) is 5.07. The van der Waals surface area contributed by atoms with Gasteiger partial charge < -0.3 is 15.3 Å². The van der Waals surface area contributed by atoms with Gasteiger partial charge >= 0.3 is 0 Å². The lowest BCUT2D eigenvalue weighted by atomic mass is 9.91. The van der Waals surface area contributed by atoms with Crippen LogP contribution in [0.2, 0.25) is 0 Å². The first kappa shape index (κ1) is 14.8. The lowest BCUT2D eigenvalue weighted by molar-refractivity contribution is -0.118. The van der Waals surface area contributed by atoms with Gasteiger partial charge in [0.2, 0.25) is 17.1 Å². The Balaban J connectivity index is 2.58. The van der Waals surface area contributed by atoms with Crippen molar-refractivity contribution in [1.82, 2.24) is 0 Å². The van der Waals surface area contributed by atoms with Gasteiger partial charge in [0, 0.05) is 12.5 Å². The largest absolute Gasteiger partial charge is 0.502 e. The normalized spacial score (nSPS) is 12.1. The van der Waals surface area contributed by atoms with Crippen LogP contribution in [0.25, 0.3) is 0 Å². The number of aromatic hydroxyl groups is 1. The molecular weight excluding hydrogens is 270 g/mol. The number of primary amides is 1. The highest BCUT2D eigenvalue weighted by Crippen LogP contribution is 2.32. The number of carbonyl (C=O) groups is 1. The first-order chi connectivity index (χ1) is 9.88. The van der Waals surface area contributed by atoms with Crippen LogP contribution in [0, 0.1) is 13.8 Å². The molecule has 2 aromatic rings. The summed E-state index contributed by atoms with van der Waals surface area (Å²) < 4.78 is 5.48. The summed E-state index contributed by atoms with van der Waals surface area (Å²) in [5, 5.41) is 9.96. The molecule has 0 saturated carbocycles. The van der Waals surface area contributed by atoms with Crippen LogP contribution in [0.3, 0.4) is 0 Å². The number of aryl methyl sites for hydroxylation is 2. The zero-order valence-corrected chi connectivity index (χ0v) is 11.9. The Morgan fingerprint density at radius 2 is 1.90 bits per heavy atom. The third-order valence-electron chi connectivity index (χ3n) is 3.27. The first-order valence-electron chi connectivity index (χ1n) is 6.57. The number of benzene rings is 1. The van der Waals surface area contributed by atoms with Crippen molar-refractivity contribution in [1.29, 1.82) is 0 Å². The van der Waals surface area contributed by atoms with Crippen LogP contribution in [-0.4, -0.2) is 11.0 Å². The molecule has 0 aliphatic rings. The summed E-state index contributed by atoms with van der Waals surface area (Å²) in [7, 11) is 0. The number of hydrogen-bond donors (Lipinski definition) is 2. The fourth-order valence-electron chi connectivity index (χ4n) is 2.22. The van der Waals surface area contributed by atoms with E-state index >= 15 is 0 Å². The number of hydrogen-bond acceptors (Lipinski definition) is 4. The number of carbonyl (C=O) groups excluding carboxylic acids is 1. The molecule has 1 aromatic carbocycles. The van der Waals surface area contributed by atoms with Crippen LogP contribution in [0.4, 0.5) is 0 Å². The van der Waals surface area contributed by atoms with Crippen molar-refractivity contribution in [3.8, 4) is 5.75 Å². The summed E-state index contributed by atoms with van der Waals surface area (Å²) >= 11 is 0. The van der Waals surface area contributed by atoms with E-state index in [2.05, 4.69) is 0 Å². The molecule has 0 bridgehead atoms. The smallest absolute Gasteiger partial charge is 0.227 e. The van der Waals surface area contributed by atoms with Gasteiger partial charge in [0.05, 0.1) is 5.92 Å². The highest BCUT2D eigenvalue weighted by atomic mass is 16.4. The Hall–Kier alpha value is -2.56. The second kappa shape index (κ2) is 5.83. The van der Waals surface area contributed by atoms with Gasteiger partial charge in [0.25, 0.3) is 0 Å². The predicted molar refractivity (Wildman–Crippen MR) is 78.2 cm³/mol.